The predicted octanol–water partition coefficient (Wildman–Crippen LogP) is 3.88. The Morgan fingerprint density at radius 3 is 2.46 bits per heavy atom. The summed E-state index contributed by atoms with van der Waals surface area (Å²) in [5, 5.41) is 7.31. The van der Waals surface area contributed by atoms with Gasteiger partial charge in [0, 0.05) is 16.3 Å². The Kier molecular flexibility index (Phi) is 3.26. The number of rotatable bonds is 2. The van der Waals surface area contributed by atoms with Crippen LogP contribution >= 0.6 is 15.9 Å². The van der Waals surface area contributed by atoms with Gasteiger partial charge in [-0.3, -0.25) is 0 Å². The minimum atomic E-state index is 0.494. The first kappa shape index (κ1) is 10.5. The van der Waals surface area contributed by atoms with Crippen molar-refractivity contribution in [3.63, 3.8) is 0 Å². The topological polar surface area (TPSA) is 23.9 Å². The molecular formula is C11H14BrN. The Morgan fingerprint density at radius 1 is 1.38 bits per heavy atom. The van der Waals surface area contributed by atoms with Crippen molar-refractivity contribution < 1.29 is 0 Å². The van der Waals surface area contributed by atoms with Crippen LogP contribution in [0.15, 0.2) is 16.6 Å². The summed E-state index contributed by atoms with van der Waals surface area (Å²) in [6.45, 7) is 6.33. The molecule has 13 heavy (non-hydrogen) atoms. The molecule has 0 aliphatic heterocycles. The molecule has 0 heterocycles. The van der Waals surface area contributed by atoms with Gasteiger partial charge in [-0.15, -0.1) is 0 Å². The van der Waals surface area contributed by atoms with Gasteiger partial charge in [-0.25, -0.2) is 0 Å². The van der Waals surface area contributed by atoms with Gasteiger partial charge in [-0.2, -0.15) is 0 Å². The van der Waals surface area contributed by atoms with Crippen molar-refractivity contribution in [1.29, 1.82) is 5.41 Å². The van der Waals surface area contributed by atoms with Crippen LogP contribution in [0, 0.1) is 12.3 Å². The molecule has 1 aromatic rings. The van der Waals surface area contributed by atoms with Crippen LogP contribution in [-0.2, 0) is 0 Å². The van der Waals surface area contributed by atoms with E-state index in [9.17, 15) is 0 Å². The Labute approximate surface area is 87.8 Å². The highest BCUT2D eigenvalue weighted by atomic mass is 79.9. The van der Waals surface area contributed by atoms with Crippen LogP contribution in [0.3, 0.4) is 0 Å². The predicted molar refractivity (Wildman–Crippen MR) is 60.9 cm³/mol. The molecule has 0 radical (unpaired) electrons. The molecule has 0 aliphatic rings. The maximum absolute atomic E-state index is 7.31. The molecule has 0 atom stereocenters. The normalized spacial score (nSPS) is 10.5. The minimum Gasteiger partial charge on any atom is -0.308 e. The van der Waals surface area contributed by atoms with Crippen molar-refractivity contribution in [1.82, 2.24) is 0 Å². The lowest BCUT2D eigenvalue weighted by Crippen LogP contribution is -1.96. The van der Waals surface area contributed by atoms with Gasteiger partial charge >= 0.3 is 0 Å². The average molecular weight is 240 g/mol. The lowest BCUT2D eigenvalue weighted by atomic mass is 9.98. The SMILES string of the molecule is Cc1ccc(C(C)C)c(Br)c1C=N. The number of aryl methyl sites for hydroxylation is 1. The molecule has 1 nitrogen and oxygen atoms in total. The Hall–Kier alpha value is -0.630. The monoisotopic (exact) mass is 239 g/mol. The molecule has 70 valence electrons. The van der Waals surface area contributed by atoms with Crippen LogP contribution in [0.2, 0.25) is 0 Å². The van der Waals surface area contributed by atoms with Gasteiger partial charge in [0.1, 0.15) is 0 Å². The van der Waals surface area contributed by atoms with E-state index in [-0.39, 0.29) is 0 Å². The quantitative estimate of drug-likeness (QED) is 0.758. The van der Waals surface area contributed by atoms with Crippen molar-refractivity contribution in [2.75, 3.05) is 0 Å². The second-order valence-corrected chi connectivity index (χ2v) is 4.29. The third-order valence-electron chi connectivity index (χ3n) is 2.19. The molecule has 0 saturated heterocycles. The standard InChI is InChI=1S/C11H14BrN/c1-7(2)9-5-4-8(3)10(6-13)11(9)12/h4-7,13H,1-3H3. The molecule has 0 spiro atoms. The maximum Gasteiger partial charge on any atom is 0.0300 e. The molecule has 1 N–H and O–H groups in total. The van der Waals surface area contributed by atoms with E-state index < -0.39 is 0 Å². The van der Waals surface area contributed by atoms with Crippen LogP contribution in [-0.4, -0.2) is 6.21 Å². The average Bonchev–Trinajstić information content (AvgIpc) is 2.04. The van der Waals surface area contributed by atoms with E-state index in [1.165, 1.54) is 11.8 Å². The van der Waals surface area contributed by atoms with E-state index in [0.29, 0.717) is 5.92 Å². The summed E-state index contributed by atoms with van der Waals surface area (Å²) in [5.74, 6) is 0.494. The minimum absolute atomic E-state index is 0.494. The lowest BCUT2D eigenvalue weighted by molar-refractivity contribution is 0.859. The Balaban J connectivity index is 3.35. The highest BCUT2D eigenvalue weighted by Gasteiger charge is 2.09. The number of hydrogen-bond donors (Lipinski definition) is 1. The van der Waals surface area contributed by atoms with Gasteiger partial charge in [0.25, 0.3) is 0 Å². The van der Waals surface area contributed by atoms with Crippen LogP contribution < -0.4 is 0 Å². The summed E-state index contributed by atoms with van der Waals surface area (Å²) in [7, 11) is 0. The summed E-state index contributed by atoms with van der Waals surface area (Å²) >= 11 is 3.54. The van der Waals surface area contributed by atoms with Crippen molar-refractivity contribution in [3.05, 3.63) is 33.3 Å². The van der Waals surface area contributed by atoms with Crippen molar-refractivity contribution in [2.24, 2.45) is 0 Å². The first-order valence-electron chi connectivity index (χ1n) is 4.37. The summed E-state index contributed by atoms with van der Waals surface area (Å²) in [4.78, 5) is 0. The maximum atomic E-state index is 7.31. The molecule has 0 fully saturated rings. The zero-order chi connectivity index (χ0) is 10.0. The van der Waals surface area contributed by atoms with Gasteiger partial charge in [-0.05, 0) is 39.9 Å². The molecule has 0 saturated carbocycles. The molecule has 0 aliphatic carbocycles. The van der Waals surface area contributed by atoms with Crippen molar-refractivity contribution in [3.8, 4) is 0 Å². The van der Waals surface area contributed by atoms with Gasteiger partial charge < -0.3 is 5.41 Å². The number of hydrogen-bond acceptors (Lipinski definition) is 1. The molecule has 0 aromatic heterocycles. The van der Waals surface area contributed by atoms with E-state index in [2.05, 4.69) is 41.9 Å². The van der Waals surface area contributed by atoms with Crippen molar-refractivity contribution >= 4 is 22.1 Å². The van der Waals surface area contributed by atoms with Gasteiger partial charge in [0.2, 0.25) is 0 Å². The molecule has 0 amide bonds. The zero-order valence-electron chi connectivity index (χ0n) is 8.19. The van der Waals surface area contributed by atoms with E-state index in [0.717, 1.165) is 15.6 Å². The van der Waals surface area contributed by atoms with E-state index in [1.807, 2.05) is 6.92 Å². The molecule has 0 bridgehead atoms. The van der Waals surface area contributed by atoms with E-state index in [4.69, 9.17) is 5.41 Å². The van der Waals surface area contributed by atoms with Crippen LogP contribution in [0.5, 0.6) is 0 Å². The lowest BCUT2D eigenvalue weighted by Gasteiger charge is -2.12. The van der Waals surface area contributed by atoms with Gasteiger partial charge in [-0.1, -0.05) is 26.0 Å². The van der Waals surface area contributed by atoms with Crippen molar-refractivity contribution in [2.45, 2.75) is 26.7 Å². The fourth-order valence-corrected chi connectivity index (χ4v) is 2.35. The van der Waals surface area contributed by atoms with E-state index in [1.54, 1.807) is 0 Å². The summed E-state index contributed by atoms with van der Waals surface area (Å²) in [5.41, 5.74) is 3.40. The Bertz CT molecular complexity index is 329. The van der Waals surface area contributed by atoms with Crippen LogP contribution in [0.25, 0.3) is 0 Å². The third kappa shape index (κ3) is 1.99. The first-order valence-corrected chi connectivity index (χ1v) is 5.16. The number of nitrogens with one attached hydrogen (secondary N) is 1. The molecule has 0 unspecified atom stereocenters. The summed E-state index contributed by atoms with van der Waals surface area (Å²) < 4.78 is 1.07. The fraction of sp³-hybridized carbons (Fsp3) is 0.364. The zero-order valence-corrected chi connectivity index (χ0v) is 9.77. The highest BCUT2D eigenvalue weighted by molar-refractivity contribution is 9.10. The Morgan fingerprint density at radius 2 is 2.00 bits per heavy atom. The third-order valence-corrected chi connectivity index (χ3v) is 3.08. The molecule has 2 heteroatoms. The first-order chi connectivity index (χ1) is 6.07. The van der Waals surface area contributed by atoms with Crippen LogP contribution in [0.1, 0.15) is 36.5 Å². The smallest absolute Gasteiger partial charge is 0.0300 e. The second kappa shape index (κ2) is 4.05. The molecule has 1 rings (SSSR count). The number of benzene rings is 1. The highest BCUT2D eigenvalue weighted by Crippen LogP contribution is 2.28. The number of halogens is 1. The summed E-state index contributed by atoms with van der Waals surface area (Å²) in [6, 6.07) is 4.19. The van der Waals surface area contributed by atoms with Gasteiger partial charge in [0.15, 0.2) is 0 Å². The summed E-state index contributed by atoms with van der Waals surface area (Å²) in [6.07, 6.45) is 1.41. The van der Waals surface area contributed by atoms with Crippen LogP contribution in [0.4, 0.5) is 0 Å². The molecular weight excluding hydrogens is 226 g/mol. The fourth-order valence-electron chi connectivity index (χ4n) is 1.33. The van der Waals surface area contributed by atoms with E-state index >= 15 is 0 Å². The van der Waals surface area contributed by atoms with Gasteiger partial charge in [0.05, 0.1) is 0 Å². The largest absolute Gasteiger partial charge is 0.308 e. The second-order valence-electron chi connectivity index (χ2n) is 3.50. The molecule has 1 aromatic carbocycles.